The first kappa shape index (κ1) is 25.7. The van der Waals surface area contributed by atoms with Crippen LogP contribution in [0.2, 0.25) is 19.6 Å². The molecule has 3 aromatic rings. The Morgan fingerprint density at radius 3 is 2.49 bits per heavy atom. The first-order chi connectivity index (χ1) is 17.7. The maximum atomic E-state index is 13.1. The van der Waals surface area contributed by atoms with Crippen LogP contribution in [-0.2, 0) is 16.9 Å². The highest BCUT2D eigenvalue weighted by atomic mass is 32.2. The van der Waals surface area contributed by atoms with Gasteiger partial charge < -0.3 is 15.0 Å². The lowest BCUT2D eigenvalue weighted by Crippen LogP contribution is -2.42. The molecule has 1 fully saturated rings. The number of thioether (sulfide) groups is 1. The summed E-state index contributed by atoms with van der Waals surface area (Å²) in [5.41, 5.74) is 0.869. The summed E-state index contributed by atoms with van der Waals surface area (Å²) >= 11 is 3.22. The summed E-state index contributed by atoms with van der Waals surface area (Å²) in [5.74, 6) is 0.634. The van der Waals surface area contributed by atoms with Gasteiger partial charge in [0.1, 0.15) is 20.2 Å². The molecule has 5 rings (SSSR count). The summed E-state index contributed by atoms with van der Waals surface area (Å²) in [4.78, 5) is 38.7. The Balaban J connectivity index is 1.42. The standard InChI is InChI=1S/C27H30N4O3S2Si/c1-37(2,3)25-28-14-22(36-25)27-18-31(26(33)34-16-19-10-6-4-7-11-19)15-21(27)17-35-24(30-27)29-23(32)20-12-8-5-9-13-20/h4-14,21H,15-18H2,1-3H3,(H,29,30,32). The maximum Gasteiger partial charge on any atom is 0.410 e. The van der Waals surface area contributed by atoms with Crippen molar-refractivity contribution in [3.05, 3.63) is 82.9 Å². The van der Waals surface area contributed by atoms with Crippen LogP contribution < -0.4 is 9.95 Å². The first-order valence-electron chi connectivity index (χ1n) is 12.3. The molecule has 37 heavy (non-hydrogen) atoms. The molecule has 1 aromatic heterocycles. The molecule has 2 amide bonds. The zero-order valence-corrected chi connectivity index (χ0v) is 23.8. The fourth-order valence-corrected chi connectivity index (χ4v) is 8.55. The number of aromatic nitrogens is 1. The van der Waals surface area contributed by atoms with E-state index in [2.05, 4.69) is 25.0 Å². The van der Waals surface area contributed by atoms with Gasteiger partial charge in [-0.2, -0.15) is 0 Å². The van der Waals surface area contributed by atoms with Crippen LogP contribution in [0.15, 0.2) is 71.9 Å². The van der Waals surface area contributed by atoms with Crippen molar-refractivity contribution in [1.29, 1.82) is 0 Å². The van der Waals surface area contributed by atoms with E-state index < -0.39 is 13.6 Å². The number of thiazole rings is 1. The molecule has 0 radical (unpaired) electrons. The van der Waals surface area contributed by atoms with Crippen molar-refractivity contribution in [2.24, 2.45) is 10.9 Å². The van der Waals surface area contributed by atoms with Crippen LogP contribution in [-0.4, -0.2) is 54.0 Å². The molecule has 0 spiro atoms. The van der Waals surface area contributed by atoms with Gasteiger partial charge in [-0.05, 0) is 17.7 Å². The average molecular weight is 551 g/mol. The third-order valence-electron chi connectivity index (χ3n) is 6.56. The summed E-state index contributed by atoms with van der Waals surface area (Å²) in [5, 5.41) is 3.58. The number of nitrogens with one attached hydrogen (secondary N) is 1. The summed E-state index contributed by atoms with van der Waals surface area (Å²) in [7, 11) is -1.62. The molecule has 2 unspecified atom stereocenters. The number of hydrogen-bond donors (Lipinski definition) is 1. The van der Waals surface area contributed by atoms with Crippen LogP contribution in [0.4, 0.5) is 4.79 Å². The molecule has 3 heterocycles. The average Bonchev–Trinajstić information content (AvgIpc) is 3.55. The maximum absolute atomic E-state index is 13.1. The van der Waals surface area contributed by atoms with E-state index in [-0.39, 0.29) is 24.5 Å². The van der Waals surface area contributed by atoms with Crippen LogP contribution >= 0.6 is 23.1 Å². The molecule has 0 saturated carbocycles. The third-order valence-corrected chi connectivity index (χ3v) is 12.1. The summed E-state index contributed by atoms with van der Waals surface area (Å²) in [6, 6.07) is 18.8. The highest BCUT2D eigenvalue weighted by Gasteiger charge is 2.53. The minimum absolute atomic E-state index is 0.0917. The number of likely N-dealkylation sites (tertiary alicyclic amines) is 1. The highest BCUT2D eigenvalue weighted by Crippen LogP contribution is 2.47. The number of amidine groups is 1. The Bertz CT molecular complexity index is 1310. The topological polar surface area (TPSA) is 83.9 Å². The molecule has 10 heteroatoms. The van der Waals surface area contributed by atoms with Crippen molar-refractivity contribution < 1.29 is 14.3 Å². The van der Waals surface area contributed by atoms with Crippen molar-refractivity contribution in [3.63, 3.8) is 0 Å². The summed E-state index contributed by atoms with van der Waals surface area (Å²) in [6.45, 7) is 7.99. The van der Waals surface area contributed by atoms with Gasteiger partial charge in [-0.15, -0.1) is 11.3 Å². The molecule has 2 aliphatic rings. The molecular formula is C27H30N4O3S2Si. The van der Waals surface area contributed by atoms with E-state index in [1.54, 1.807) is 28.4 Å². The Hall–Kier alpha value is -2.95. The summed E-state index contributed by atoms with van der Waals surface area (Å²) < 4.78 is 6.82. The molecule has 1 N–H and O–H groups in total. The highest BCUT2D eigenvalue weighted by molar-refractivity contribution is 8.13. The van der Waals surface area contributed by atoms with Gasteiger partial charge in [0.15, 0.2) is 5.17 Å². The van der Waals surface area contributed by atoms with Gasteiger partial charge in [0.2, 0.25) is 0 Å². The minimum Gasteiger partial charge on any atom is -0.445 e. The predicted octanol–water partition coefficient (Wildman–Crippen LogP) is 4.69. The van der Waals surface area contributed by atoms with Crippen molar-refractivity contribution in [2.75, 3.05) is 18.8 Å². The van der Waals surface area contributed by atoms with Crippen molar-refractivity contribution in [1.82, 2.24) is 15.2 Å². The van der Waals surface area contributed by atoms with Gasteiger partial charge in [-0.3, -0.25) is 9.78 Å². The number of hydrogen-bond acceptors (Lipinski definition) is 7. The van der Waals surface area contributed by atoms with Crippen LogP contribution in [0.25, 0.3) is 0 Å². The van der Waals surface area contributed by atoms with Crippen LogP contribution in [0.1, 0.15) is 20.8 Å². The van der Waals surface area contributed by atoms with Gasteiger partial charge in [0, 0.05) is 30.0 Å². The first-order valence-corrected chi connectivity index (χ1v) is 17.6. The van der Waals surface area contributed by atoms with Crippen LogP contribution in [0.5, 0.6) is 0 Å². The largest absolute Gasteiger partial charge is 0.445 e. The fraction of sp³-hybridized carbons (Fsp3) is 0.333. The number of carbonyl (C=O) groups excluding carboxylic acids is 2. The lowest BCUT2D eigenvalue weighted by atomic mass is 9.87. The molecule has 2 atom stereocenters. The predicted molar refractivity (Wildman–Crippen MR) is 152 cm³/mol. The molecule has 2 aromatic carbocycles. The van der Waals surface area contributed by atoms with Crippen LogP contribution in [0, 0.1) is 5.92 Å². The van der Waals surface area contributed by atoms with Crippen molar-refractivity contribution in [2.45, 2.75) is 31.8 Å². The normalized spacial score (nSPS) is 21.2. The van der Waals surface area contributed by atoms with Crippen molar-refractivity contribution >= 4 is 53.0 Å². The zero-order chi connectivity index (χ0) is 26.0. The lowest BCUT2D eigenvalue weighted by molar-refractivity contribution is 0.0975. The second kappa shape index (κ2) is 10.4. The van der Waals surface area contributed by atoms with E-state index in [1.165, 1.54) is 11.8 Å². The zero-order valence-electron chi connectivity index (χ0n) is 21.1. The van der Waals surface area contributed by atoms with E-state index in [4.69, 9.17) is 14.7 Å². The smallest absolute Gasteiger partial charge is 0.410 e. The van der Waals surface area contributed by atoms with Gasteiger partial charge in [0.25, 0.3) is 5.91 Å². The number of aliphatic imine (C=N–C) groups is 1. The molecule has 0 aliphatic carbocycles. The minimum atomic E-state index is -1.62. The number of amides is 2. The number of rotatable bonds is 5. The van der Waals surface area contributed by atoms with Crippen molar-refractivity contribution in [3.8, 4) is 0 Å². The van der Waals surface area contributed by atoms with E-state index in [9.17, 15) is 9.59 Å². The third kappa shape index (κ3) is 5.51. The molecule has 2 aliphatic heterocycles. The Morgan fingerprint density at radius 2 is 1.81 bits per heavy atom. The van der Waals surface area contributed by atoms with E-state index in [0.717, 1.165) is 20.8 Å². The number of ether oxygens (including phenoxy) is 1. The quantitative estimate of drug-likeness (QED) is 0.466. The molecule has 0 bridgehead atoms. The van der Waals surface area contributed by atoms with E-state index >= 15 is 0 Å². The van der Waals surface area contributed by atoms with E-state index in [1.807, 2.05) is 54.7 Å². The van der Waals surface area contributed by atoms with Crippen LogP contribution in [0.3, 0.4) is 0 Å². The Morgan fingerprint density at radius 1 is 1.11 bits per heavy atom. The molecule has 7 nitrogen and oxygen atoms in total. The Kier molecular flexibility index (Phi) is 7.24. The SMILES string of the molecule is C[Si](C)(C)c1ncc(C23CN(C(=O)OCc4ccccc4)CC2CSC(NC(=O)c2ccccc2)=N3)s1. The number of carbonyl (C=O) groups is 2. The lowest BCUT2D eigenvalue weighted by Gasteiger charge is -2.33. The monoisotopic (exact) mass is 550 g/mol. The van der Waals surface area contributed by atoms with Gasteiger partial charge in [-0.1, -0.05) is 79.9 Å². The molecular weight excluding hydrogens is 521 g/mol. The second-order valence-electron chi connectivity index (χ2n) is 10.4. The number of fused-ring (bicyclic) bond motifs is 1. The van der Waals surface area contributed by atoms with Gasteiger partial charge in [0.05, 0.1) is 16.1 Å². The number of benzene rings is 2. The van der Waals surface area contributed by atoms with E-state index in [0.29, 0.717) is 23.8 Å². The summed E-state index contributed by atoms with van der Waals surface area (Å²) in [6.07, 6.45) is 1.59. The van der Waals surface area contributed by atoms with Gasteiger partial charge in [-0.25, -0.2) is 9.79 Å². The van der Waals surface area contributed by atoms with Gasteiger partial charge >= 0.3 is 6.09 Å². The second-order valence-corrected chi connectivity index (χ2v) is 17.7. The number of nitrogens with zero attached hydrogens (tertiary/aromatic N) is 3. The fourth-order valence-electron chi connectivity index (χ4n) is 4.54. The molecule has 192 valence electrons. The molecule has 1 saturated heterocycles. The Labute approximate surface area is 226 Å².